The van der Waals surface area contributed by atoms with Crippen molar-refractivity contribution >= 4 is 5.65 Å². The summed E-state index contributed by atoms with van der Waals surface area (Å²) in [6.45, 7) is 0.762. The molecule has 4 aromatic rings. The minimum atomic E-state index is -0.760. The molecular weight excluding hydrogens is 352 g/mol. The number of aryl methyl sites for hydroxylation is 1. The van der Waals surface area contributed by atoms with Crippen LogP contribution in [0, 0.1) is 11.6 Å². The van der Waals surface area contributed by atoms with Crippen LogP contribution in [-0.2, 0) is 13.0 Å². The lowest BCUT2D eigenvalue weighted by Crippen LogP contribution is -1.98. The lowest BCUT2D eigenvalue weighted by atomic mass is 9.98. The van der Waals surface area contributed by atoms with Gasteiger partial charge in [0.1, 0.15) is 12.0 Å². The Bertz CT molecular complexity index is 1180. The molecule has 0 spiro atoms. The molecule has 0 saturated carbocycles. The molecular formula is C19H15F2N5O. The van der Waals surface area contributed by atoms with Crippen molar-refractivity contribution in [1.29, 1.82) is 0 Å². The summed E-state index contributed by atoms with van der Waals surface area (Å²) < 4.78 is 37.3. The van der Waals surface area contributed by atoms with Crippen molar-refractivity contribution in [1.82, 2.24) is 24.4 Å². The highest BCUT2D eigenvalue weighted by Crippen LogP contribution is 2.41. The summed E-state index contributed by atoms with van der Waals surface area (Å²) in [5, 5.41) is 8.81. The molecule has 0 N–H and O–H groups in total. The smallest absolute Gasteiger partial charge is 0.191 e. The van der Waals surface area contributed by atoms with E-state index in [-0.39, 0.29) is 5.56 Å². The van der Waals surface area contributed by atoms with E-state index in [1.807, 2.05) is 16.8 Å². The standard InChI is InChI=1S/C19H15F2N5O/c1-27-18-13(20)7-6-12(16(18)21)17-15(14-5-3-8-25(14)24-17)11-4-2-9-26-19(11)22-10-23-26/h2,4,6-7,9-10H,3,5,8H2,1H3. The summed E-state index contributed by atoms with van der Waals surface area (Å²) in [5.74, 6) is -1.91. The molecule has 1 aromatic carbocycles. The molecule has 6 nitrogen and oxygen atoms in total. The van der Waals surface area contributed by atoms with E-state index in [2.05, 4.69) is 15.2 Å². The first-order chi connectivity index (χ1) is 13.2. The number of benzene rings is 1. The molecule has 3 aromatic heterocycles. The fourth-order valence-electron chi connectivity index (χ4n) is 3.75. The number of pyridine rings is 1. The van der Waals surface area contributed by atoms with Crippen LogP contribution in [0.1, 0.15) is 12.1 Å². The topological polar surface area (TPSA) is 57.2 Å². The molecule has 0 bridgehead atoms. The number of rotatable bonds is 3. The van der Waals surface area contributed by atoms with Gasteiger partial charge < -0.3 is 4.74 Å². The van der Waals surface area contributed by atoms with E-state index in [4.69, 9.17) is 4.74 Å². The minimum Gasteiger partial charge on any atom is -0.491 e. The summed E-state index contributed by atoms with van der Waals surface area (Å²) in [4.78, 5) is 4.34. The largest absolute Gasteiger partial charge is 0.491 e. The van der Waals surface area contributed by atoms with Crippen molar-refractivity contribution in [3.8, 4) is 28.1 Å². The van der Waals surface area contributed by atoms with Gasteiger partial charge in [0.05, 0.1) is 7.11 Å². The fraction of sp³-hybridized carbons (Fsp3) is 0.211. The molecule has 0 amide bonds. The van der Waals surface area contributed by atoms with Gasteiger partial charge in [-0.05, 0) is 37.1 Å². The predicted octanol–water partition coefficient (Wildman–Crippen LogP) is 3.49. The predicted molar refractivity (Wildman–Crippen MR) is 94.4 cm³/mol. The molecule has 0 fully saturated rings. The Labute approximate surface area is 153 Å². The molecule has 5 rings (SSSR count). The van der Waals surface area contributed by atoms with Crippen molar-refractivity contribution < 1.29 is 13.5 Å². The van der Waals surface area contributed by atoms with Crippen LogP contribution in [0.25, 0.3) is 28.0 Å². The second-order valence-corrected chi connectivity index (χ2v) is 6.39. The number of aromatic nitrogens is 5. The van der Waals surface area contributed by atoms with Crippen molar-refractivity contribution in [2.75, 3.05) is 7.11 Å². The van der Waals surface area contributed by atoms with Crippen molar-refractivity contribution in [3.05, 3.63) is 54.1 Å². The van der Waals surface area contributed by atoms with Crippen molar-refractivity contribution in [3.63, 3.8) is 0 Å². The minimum absolute atomic E-state index is 0.201. The first-order valence-corrected chi connectivity index (χ1v) is 8.60. The summed E-state index contributed by atoms with van der Waals surface area (Å²) in [7, 11) is 1.25. The molecule has 27 heavy (non-hydrogen) atoms. The van der Waals surface area contributed by atoms with Gasteiger partial charge in [-0.15, -0.1) is 0 Å². The second-order valence-electron chi connectivity index (χ2n) is 6.39. The van der Waals surface area contributed by atoms with E-state index in [0.717, 1.165) is 36.2 Å². The highest BCUT2D eigenvalue weighted by molar-refractivity contribution is 5.89. The summed E-state index contributed by atoms with van der Waals surface area (Å²) in [6, 6.07) is 6.38. The first-order valence-electron chi connectivity index (χ1n) is 8.60. The van der Waals surface area contributed by atoms with Gasteiger partial charge in [-0.1, -0.05) is 0 Å². The quantitative estimate of drug-likeness (QED) is 0.556. The summed E-state index contributed by atoms with van der Waals surface area (Å²) in [6.07, 6.45) is 5.08. The zero-order valence-corrected chi connectivity index (χ0v) is 14.5. The van der Waals surface area contributed by atoms with Crippen LogP contribution in [-0.4, -0.2) is 31.5 Å². The van der Waals surface area contributed by atoms with Gasteiger partial charge in [0, 0.05) is 35.1 Å². The molecule has 136 valence electrons. The maximum Gasteiger partial charge on any atom is 0.191 e. The van der Waals surface area contributed by atoms with E-state index in [0.29, 0.717) is 11.3 Å². The average molecular weight is 367 g/mol. The summed E-state index contributed by atoms with van der Waals surface area (Å²) >= 11 is 0. The maximum absolute atomic E-state index is 15.0. The van der Waals surface area contributed by atoms with Crippen LogP contribution in [0.15, 0.2) is 36.8 Å². The Morgan fingerprint density at radius 2 is 2.04 bits per heavy atom. The fourth-order valence-corrected chi connectivity index (χ4v) is 3.75. The monoisotopic (exact) mass is 367 g/mol. The number of methoxy groups -OCH3 is 1. The van der Waals surface area contributed by atoms with Crippen LogP contribution >= 0.6 is 0 Å². The molecule has 0 atom stereocenters. The first kappa shape index (κ1) is 15.9. The molecule has 0 unspecified atom stereocenters. The zero-order chi connectivity index (χ0) is 18.5. The van der Waals surface area contributed by atoms with Crippen LogP contribution in [0.4, 0.5) is 8.78 Å². The lowest BCUT2D eigenvalue weighted by molar-refractivity contribution is 0.360. The van der Waals surface area contributed by atoms with Crippen LogP contribution in [0.2, 0.25) is 0 Å². The molecule has 0 aliphatic carbocycles. The Morgan fingerprint density at radius 3 is 2.89 bits per heavy atom. The number of hydrogen-bond donors (Lipinski definition) is 0. The van der Waals surface area contributed by atoms with Crippen LogP contribution in [0.5, 0.6) is 5.75 Å². The third-order valence-corrected chi connectivity index (χ3v) is 4.92. The lowest BCUT2D eigenvalue weighted by Gasteiger charge is -2.10. The zero-order valence-electron chi connectivity index (χ0n) is 14.5. The van der Waals surface area contributed by atoms with Crippen LogP contribution in [0.3, 0.4) is 0 Å². The average Bonchev–Trinajstić information content (AvgIpc) is 3.37. The molecule has 0 saturated heterocycles. The molecule has 0 radical (unpaired) electrons. The number of nitrogens with zero attached hydrogens (tertiary/aromatic N) is 5. The highest BCUT2D eigenvalue weighted by Gasteiger charge is 2.28. The normalized spacial score (nSPS) is 13.3. The third kappa shape index (κ3) is 2.26. The second kappa shape index (κ2) is 5.87. The van der Waals surface area contributed by atoms with Gasteiger partial charge in [-0.3, -0.25) is 4.68 Å². The molecule has 1 aliphatic heterocycles. The van der Waals surface area contributed by atoms with E-state index >= 15 is 0 Å². The number of halogens is 2. The van der Waals surface area contributed by atoms with Gasteiger partial charge in [0.15, 0.2) is 23.0 Å². The van der Waals surface area contributed by atoms with E-state index in [9.17, 15) is 8.78 Å². The van der Waals surface area contributed by atoms with E-state index < -0.39 is 17.4 Å². The molecule has 8 heteroatoms. The highest BCUT2D eigenvalue weighted by atomic mass is 19.1. The number of fused-ring (bicyclic) bond motifs is 2. The Kier molecular flexibility index (Phi) is 3.46. The van der Waals surface area contributed by atoms with Gasteiger partial charge in [0.25, 0.3) is 0 Å². The molecule has 1 aliphatic rings. The Morgan fingerprint density at radius 1 is 1.15 bits per heavy atom. The van der Waals surface area contributed by atoms with Gasteiger partial charge >= 0.3 is 0 Å². The van der Waals surface area contributed by atoms with Crippen LogP contribution < -0.4 is 4.74 Å². The SMILES string of the molecule is COc1c(F)ccc(-c2nn3c(c2-c2cccn4ncnc24)CCC3)c1F. The number of hydrogen-bond acceptors (Lipinski definition) is 4. The van der Waals surface area contributed by atoms with Crippen molar-refractivity contribution in [2.45, 2.75) is 19.4 Å². The number of ether oxygens (including phenoxy) is 1. The Balaban J connectivity index is 1.83. The van der Waals surface area contributed by atoms with Crippen molar-refractivity contribution in [2.24, 2.45) is 0 Å². The van der Waals surface area contributed by atoms with Gasteiger partial charge in [-0.25, -0.2) is 18.3 Å². The van der Waals surface area contributed by atoms with E-state index in [1.54, 1.807) is 10.7 Å². The maximum atomic E-state index is 15.0. The third-order valence-electron chi connectivity index (χ3n) is 4.92. The van der Waals surface area contributed by atoms with Gasteiger partial charge in [0.2, 0.25) is 0 Å². The Hall–Kier alpha value is -3.29. The molecule has 4 heterocycles. The summed E-state index contributed by atoms with van der Waals surface area (Å²) in [5.41, 5.74) is 3.96. The van der Waals surface area contributed by atoms with Gasteiger partial charge in [-0.2, -0.15) is 10.2 Å². The van der Waals surface area contributed by atoms with E-state index in [1.165, 1.54) is 25.6 Å².